The molecule has 1 heterocycles. The number of carbonyl (C=O) groups excluding carboxylic acids is 3. The molecule has 3 fully saturated rings. The van der Waals surface area contributed by atoms with Crippen LogP contribution in [0.15, 0.2) is 0 Å². The molecular formula is C15H22N2O3. The molecule has 5 nitrogen and oxygen atoms in total. The molecule has 5 heteroatoms. The highest BCUT2D eigenvalue weighted by Crippen LogP contribution is 2.50. The van der Waals surface area contributed by atoms with Gasteiger partial charge in [0.2, 0.25) is 11.8 Å². The van der Waals surface area contributed by atoms with Crippen LogP contribution in [-0.2, 0) is 9.59 Å². The molecule has 4 atom stereocenters. The lowest BCUT2D eigenvalue weighted by Gasteiger charge is -2.41. The van der Waals surface area contributed by atoms with E-state index in [9.17, 15) is 14.4 Å². The molecule has 2 bridgehead atoms. The van der Waals surface area contributed by atoms with Crippen LogP contribution in [-0.4, -0.2) is 28.8 Å². The fraction of sp³-hybridized carbons (Fsp3) is 0.800. The van der Waals surface area contributed by atoms with Crippen molar-refractivity contribution in [2.75, 3.05) is 0 Å². The first kappa shape index (κ1) is 13.6. The summed E-state index contributed by atoms with van der Waals surface area (Å²) >= 11 is 0. The van der Waals surface area contributed by atoms with Crippen LogP contribution in [0, 0.1) is 23.2 Å². The van der Waals surface area contributed by atoms with Crippen molar-refractivity contribution in [1.29, 1.82) is 0 Å². The van der Waals surface area contributed by atoms with Gasteiger partial charge in [-0.05, 0) is 57.8 Å². The quantitative estimate of drug-likeness (QED) is 0.785. The van der Waals surface area contributed by atoms with E-state index in [1.165, 1.54) is 24.2 Å². The average molecular weight is 278 g/mol. The summed E-state index contributed by atoms with van der Waals surface area (Å²) in [5.41, 5.74) is -1.15. The number of urea groups is 1. The minimum absolute atomic E-state index is 0.120. The van der Waals surface area contributed by atoms with Gasteiger partial charge in [-0.2, -0.15) is 0 Å². The van der Waals surface area contributed by atoms with E-state index in [4.69, 9.17) is 0 Å². The molecule has 2 aliphatic carbocycles. The number of fused-ring (bicyclic) bond motifs is 2. The van der Waals surface area contributed by atoms with E-state index in [1.807, 2.05) is 6.92 Å². The van der Waals surface area contributed by atoms with E-state index in [2.05, 4.69) is 5.32 Å². The van der Waals surface area contributed by atoms with Crippen molar-refractivity contribution >= 4 is 17.8 Å². The van der Waals surface area contributed by atoms with Gasteiger partial charge in [-0.3, -0.25) is 19.8 Å². The van der Waals surface area contributed by atoms with Crippen LogP contribution >= 0.6 is 0 Å². The maximum atomic E-state index is 12.5. The number of nitrogens with zero attached hydrogens (tertiary/aromatic N) is 1. The third-order valence-corrected chi connectivity index (χ3v) is 5.58. The van der Waals surface area contributed by atoms with Crippen molar-refractivity contribution in [1.82, 2.24) is 10.2 Å². The van der Waals surface area contributed by atoms with E-state index in [0.29, 0.717) is 11.8 Å². The molecule has 4 amide bonds. The summed E-state index contributed by atoms with van der Waals surface area (Å²) in [5, 5.41) is 2.33. The Labute approximate surface area is 119 Å². The molecule has 0 radical (unpaired) electrons. The summed E-state index contributed by atoms with van der Waals surface area (Å²) in [6, 6.07) is -0.667. The van der Waals surface area contributed by atoms with Crippen LogP contribution in [0.5, 0.6) is 0 Å². The monoisotopic (exact) mass is 278 g/mol. The van der Waals surface area contributed by atoms with Gasteiger partial charge >= 0.3 is 6.03 Å². The molecule has 1 saturated heterocycles. The topological polar surface area (TPSA) is 66.5 Å². The van der Waals surface area contributed by atoms with Crippen molar-refractivity contribution in [3.8, 4) is 0 Å². The van der Waals surface area contributed by atoms with Gasteiger partial charge in [-0.25, -0.2) is 4.79 Å². The van der Waals surface area contributed by atoms with E-state index in [-0.39, 0.29) is 11.9 Å². The van der Waals surface area contributed by atoms with Gasteiger partial charge in [0.05, 0.1) is 0 Å². The number of hydrogen-bond acceptors (Lipinski definition) is 3. The van der Waals surface area contributed by atoms with E-state index in [0.717, 1.165) is 12.3 Å². The number of carbonyl (C=O) groups is 3. The summed E-state index contributed by atoms with van der Waals surface area (Å²) in [6.07, 6.45) is 4.85. The largest absolute Gasteiger partial charge is 0.331 e. The number of imide groups is 2. The van der Waals surface area contributed by atoms with Crippen LogP contribution in [0.2, 0.25) is 0 Å². The molecule has 2 saturated carbocycles. The maximum Gasteiger partial charge on any atom is 0.331 e. The summed E-state index contributed by atoms with van der Waals surface area (Å²) in [5.74, 6) is 0.944. The highest BCUT2D eigenvalue weighted by atomic mass is 16.2. The Morgan fingerprint density at radius 1 is 1.20 bits per heavy atom. The minimum atomic E-state index is -1.15. The van der Waals surface area contributed by atoms with Crippen LogP contribution in [0.3, 0.4) is 0 Å². The van der Waals surface area contributed by atoms with Crippen molar-refractivity contribution in [3.63, 3.8) is 0 Å². The maximum absolute atomic E-state index is 12.5. The molecule has 0 aromatic rings. The highest BCUT2D eigenvalue weighted by molar-refractivity contribution is 6.18. The second kappa shape index (κ2) is 4.30. The van der Waals surface area contributed by atoms with Gasteiger partial charge < -0.3 is 0 Å². The lowest BCUT2D eigenvalue weighted by Crippen LogP contribution is -2.65. The van der Waals surface area contributed by atoms with E-state index >= 15 is 0 Å². The number of hydrogen-bond donors (Lipinski definition) is 1. The number of amides is 4. The molecule has 0 aromatic heterocycles. The number of nitrogens with one attached hydrogen (secondary N) is 1. The first-order chi connectivity index (χ1) is 9.32. The Morgan fingerprint density at radius 3 is 2.45 bits per heavy atom. The summed E-state index contributed by atoms with van der Waals surface area (Å²) in [7, 11) is 0. The second-order valence-electron chi connectivity index (χ2n) is 7.14. The zero-order chi connectivity index (χ0) is 14.7. The van der Waals surface area contributed by atoms with E-state index < -0.39 is 17.4 Å². The number of barbiturate groups is 1. The first-order valence-corrected chi connectivity index (χ1v) is 7.51. The minimum Gasteiger partial charge on any atom is -0.277 e. The molecule has 0 aromatic carbocycles. The molecule has 20 heavy (non-hydrogen) atoms. The summed E-state index contributed by atoms with van der Waals surface area (Å²) < 4.78 is 0. The third-order valence-electron chi connectivity index (χ3n) is 5.58. The molecule has 110 valence electrons. The van der Waals surface area contributed by atoms with E-state index in [1.54, 1.807) is 13.8 Å². The van der Waals surface area contributed by atoms with Crippen LogP contribution in [0.25, 0.3) is 0 Å². The SMILES string of the molecule is CC(C1CC2CCC1C2)N1C(=O)NC(=O)C(C)(C)C1=O. The molecule has 1 N–H and O–H groups in total. The predicted molar refractivity (Wildman–Crippen MR) is 72.6 cm³/mol. The lowest BCUT2D eigenvalue weighted by atomic mass is 9.81. The molecule has 1 aliphatic heterocycles. The van der Waals surface area contributed by atoms with Gasteiger partial charge in [0, 0.05) is 6.04 Å². The first-order valence-electron chi connectivity index (χ1n) is 7.51. The van der Waals surface area contributed by atoms with Crippen LogP contribution in [0.4, 0.5) is 4.79 Å². The molecular weight excluding hydrogens is 256 g/mol. The Balaban J connectivity index is 1.83. The molecule has 4 unspecified atom stereocenters. The van der Waals surface area contributed by atoms with Crippen molar-refractivity contribution < 1.29 is 14.4 Å². The third kappa shape index (κ3) is 1.79. The smallest absolute Gasteiger partial charge is 0.277 e. The average Bonchev–Trinajstić information content (AvgIpc) is 2.99. The number of rotatable bonds is 2. The van der Waals surface area contributed by atoms with Crippen LogP contribution < -0.4 is 5.32 Å². The molecule has 0 spiro atoms. The second-order valence-corrected chi connectivity index (χ2v) is 7.14. The van der Waals surface area contributed by atoms with Gasteiger partial charge in [-0.1, -0.05) is 6.42 Å². The van der Waals surface area contributed by atoms with Gasteiger partial charge in [-0.15, -0.1) is 0 Å². The van der Waals surface area contributed by atoms with Crippen LogP contribution in [0.1, 0.15) is 46.5 Å². The highest BCUT2D eigenvalue weighted by Gasteiger charge is 2.52. The van der Waals surface area contributed by atoms with Crippen molar-refractivity contribution in [2.45, 2.75) is 52.5 Å². The van der Waals surface area contributed by atoms with Crippen molar-refractivity contribution in [2.24, 2.45) is 23.2 Å². The lowest BCUT2D eigenvalue weighted by molar-refractivity contribution is -0.151. The predicted octanol–water partition coefficient (Wildman–Crippen LogP) is 1.92. The Kier molecular flexibility index (Phi) is 2.92. The summed E-state index contributed by atoms with van der Waals surface area (Å²) in [6.45, 7) is 5.12. The Bertz CT molecular complexity index is 486. The van der Waals surface area contributed by atoms with Crippen molar-refractivity contribution in [3.05, 3.63) is 0 Å². The standard InChI is InChI=1S/C15H22N2O3/c1-8(11-7-9-4-5-10(11)6-9)17-13(19)15(2,3)12(18)16-14(17)20/h8-11H,4-7H2,1-3H3,(H,16,18,20). The van der Waals surface area contributed by atoms with Gasteiger partial charge in [0.15, 0.2) is 0 Å². The Hall–Kier alpha value is -1.39. The fourth-order valence-electron chi connectivity index (χ4n) is 4.25. The fourth-order valence-corrected chi connectivity index (χ4v) is 4.25. The zero-order valence-electron chi connectivity index (χ0n) is 12.3. The normalized spacial score (nSPS) is 37.2. The van der Waals surface area contributed by atoms with Gasteiger partial charge in [0.1, 0.15) is 5.41 Å². The Morgan fingerprint density at radius 2 is 1.90 bits per heavy atom. The molecule has 3 aliphatic rings. The zero-order valence-corrected chi connectivity index (χ0v) is 12.3. The molecule has 3 rings (SSSR count). The van der Waals surface area contributed by atoms with Gasteiger partial charge in [0.25, 0.3) is 0 Å². The summed E-state index contributed by atoms with van der Waals surface area (Å²) in [4.78, 5) is 37.7.